The quantitative estimate of drug-likeness (QED) is 0.0754. The summed E-state index contributed by atoms with van der Waals surface area (Å²) in [6.07, 6.45) is -12.1. The Labute approximate surface area is 263 Å². The molecule has 0 bridgehead atoms. The highest BCUT2D eigenvalue weighted by molar-refractivity contribution is 7.81. The molecule has 5 atom stereocenters. The van der Waals surface area contributed by atoms with E-state index < -0.39 is 110 Å². The first-order chi connectivity index (χ1) is 21.0. The van der Waals surface area contributed by atoms with Gasteiger partial charge in [0, 0.05) is 20.0 Å². The van der Waals surface area contributed by atoms with Crippen LogP contribution in [0.15, 0.2) is 30.3 Å². The van der Waals surface area contributed by atoms with Crippen LogP contribution in [0.2, 0.25) is 0 Å². The predicted octanol–water partition coefficient (Wildman–Crippen LogP) is -2.68. The molecule has 2 amide bonds. The summed E-state index contributed by atoms with van der Waals surface area (Å²) in [7, 11) is -22.3. The van der Waals surface area contributed by atoms with Crippen LogP contribution in [0.4, 0.5) is 0 Å². The number of carbonyl (C=O) groups is 2. The van der Waals surface area contributed by atoms with Crippen molar-refractivity contribution in [2.24, 2.45) is 0 Å². The van der Waals surface area contributed by atoms with Gasteiger partial charge in [0.05, 0.1) is 19.8 Å². The van der Waals surface area contributed by atoms with Crippen molar-refractivity contribution >= 4 is 53.4 Å². The van der Waals surface area contributed by atoms with Gasteiger partial charge in [-0.1, -0.05) is 30.3 Å². The number of rotatable bonds is 18. The molecule has 1 aliphatic heterocycles. The van der Waals surface area contributed by atoms with Crippen LogP contribution in [0.5, 0.6) is 0 Å². The van der Waals surface area contributed by atoms with Crippen LogP contribution in [0.3, 0.4) is 0 Å². The fraction of sp³-hybridized carbons (Fsp3) is 0.600. The van der Waals surface area contributed by atoms with Crippen LogP contribution in [0, 0.1) is 0 Å². The van der Waals surface area contributed by atoms with Crippen molar-refractivity contribution in [1.29, 1.82) is 0 Å². The van der Waals surface area contributed by atoms with Gasteiger partial charge in [-0.15, -0.1) is 0 Å². The third-order valence-corrected chi connectivity index (χ3v) is 7.50. The molecule has 264 valence electrons. The Kier molecular flexibility index (Phi) is 14.3. The average molecular weight is 747 g/mol. The third kappa shape index (κ3) is 15.4. The van der Waals surface area contributed by atoms with Gasteiger partial charge < -0.3 is 19.7 Å². The third-order valence-electron chi connectivity index (χ3n) is 5.67. The minimum atomic E-state index is -5.69. The zero-order valence-electron chi connectivity index (χ0n) is 23.4. The molecule has 0 unspecified atom stereocenters. The maximum atomic E-state index is 12.5. The lowest BCUT2D eigenvalue weighted by atomic mass is 9.99. The van der Waals surface area contributed by atoms with Crippen LogP contribution in [-0.4, -0.2) is 132 Å². The largest absolute Gasteiger partial charge is 0.397 e. The number of carbonyl (C=O) groups excluding carboxylic acids is 2. The summed E-state index contributed by atoms with van der Waals surface area (Å²) >= 11 is 0. The van der Waals surface area contributed by atoms with Crippen LogP contribution in [0.1, 0.15) is 12.5 Å². The van der Waals surface area contributed by atoms with Gasteiger partial charge in [-0.25, -0.2) is 16.7 Å². The molecule has 0 aliphatic carbocycles. The monoisotopic (exact) mass is 746 g/mol. The highest BCUT2D eigenvalue weighted by Crippen LogP contribution is 2.32. The van der Waals surface area contributed by atoms with Crippen molar-refractivity contribution in [3.63, 3.8) is 0 Å². The first-order valence-corrected chi connectivity index (χ1v) is 17.9. The van der Waals surface area contributed by atoms with E-state index in [4.69, 9.17) is 18.6 Å². The fourth-order valence-electron chi connectivity index (χ4n) is 3.90. The molecule has 1 aliphatic rings. The maximum Gasteiger partial charge on any atom is 0.397 e. The second kappa shape index (κ2) is 16.6. The van der Waals surface area contributed by atoms with Crippen LogP contribution in [-0.2, 0) is 83.8 Å². The summed E-state index contributed by atoms with van der Waals surface area (Å²) in [5.41, 5.74) is 0.900. The second-order valence-electron chi connectivity index (χ2n) is 9.12. The Morgan fingerprint density at radius 1 is 0.826 bits per heavy atom. The SMILES string of the molecule is CC(=O)N(CCc1ccccc1)CC(=O)NCCO[C@H]1O[C@H](COS(=O)(=O)O)[C@@H](OS(=O)(=O)O)[C@H](OS(=O)(=O)O)[C@@H]1OS(=O)(=O)O. The molecule has 0 radical (unpaired) electrons. The van der Waals surface area contributed by atoms with Gasteiger partial charge in [-0.3, -0.25) is 27.8 Å². The number of nitrogens with zero attached hydrogens (tertiary/aromatic N) is 1. The van der Waals surface area contributed by atoms with Gasteiger partial charge in [-0.05, 0) is 12.0 Å². The number of ether oxygens (including phenoxy) is 2. The lowest BCUT2D eigenvalue weighted by Gasteiger charge is -2.43. The molecule has 1 aromatic rings. The Bertz CT molecular complexity index is 1620. The minimum Gasteiger partial charge on any atom is -0.352 e. The molecular formula is C20H30N2O20S4. The van der Waals surface area contributed by atoms with Gasteiger partial charge in [-0.2, -0.15) is 33.7 Å². The maximum absolute atomic E-state index is 12.5. The fourth-order valence-corrected chi connectivity index (χ4v) is 5.70. The van der Waals surface area contributed by atoms with Crippen molar-refractivity contribution < 1.29 is 87.7 Å². The van der Waals surface area contributed by atoms with E-state index in [2.05, 4.69) is 22.0 Å². The molecule has 1 heterocycles. The van der Waals surface area contributed by atoms with E-state index in [1.54, 1.807) is 18.2 Å². The van der Waals surface area contributed by atoms with E-state index >= 15 is 0 Å². The number of nitrogens with one attached hydrogen (secondary N) is 1. The summed E-state index contributed by atoms with van der Waals surface area (Å²) in [6.45, 7) is -1.51. The van der Waals surface area contributed by atoms with Gasteiger partial charge in [0.1, 0.15) is 18.3 Å². The van der Waals surface area contributed by atoms with E-state index in [0.29, 0.717) is 6.42 Å². The first-order valence-electron chi connectivity index (χ1n) is 12.4. The van der Waals surface area contributed by atoms with E-state index in [1.165, 1.54) is 11.8 Å². The lowest BCUT2D eigenvalue weighted by Crippen LogP contribution is -2.63. The molecule has 26 heteroatoms. The smallest absolute Gasteiger partial charge is 0.352 e. The summed E-state index contributed by atoms with van der Waals surface area (Å²) in [6, 6.07) is 9.04. The van der Waals surface area contributed by atoms with Gasteiger partial charge in [0.25, 0.3) is 0 Å². The molecule has 1 saturated heterocycles. The molecule has 1 aromatic carbocycles. The van der Waals surface area contributed by atoms with E-state index in [1.807, 2.05) is 12.1 Å². The zero-order valence-corrected chi connectivity index (χ0v) is 26.7. The topological polar surface area (TPSA) is 322 Å². The van der Waals surface area contributed by atoms with Gasteiger partial charge in [0.2, 0.25) is 11.8 Å². The van der Waals surface area contributed by atoms with Crippen molar-refractivity contribution in [3.05, 3.63) is 35.9 Å². The van der Waals surface area contributed by atoms with Crippen molar-refractivity contribution in [1.82, 2.24) is 10.2 Å². The lowest BCUT2D eigenvalue weighted by molar-refractivity contribution is -0.285. The highest BCUT2D eigenvalue weighted by atomic mass is 32.3. The molecule has 0 spiro atoms. The van der Waals surface area contributed by atoms with E-state index in [-0.39, 0.29) is 6.54 Å². The molecule has 1 fully saturated rings. The van der Waals surface area contributed by atoms with Crippen LogP contribution < -0.4 is 5.32 Å². The number of benzene rings is 1. The molecule has 0 aromatic heterocycles. The molecule has 0 saturated carbocycles. The van der Waals surface area contributed by atoms with E-state index in [0.717, 1.165) is 5.56 Å². The summed E-state index contributed by atoms with van der Waals surface area (Å²) < 4.78 is 155. The standard InChI is InChI=1S/C20H30N2O20S4/c1-13(23)22(9-7-14-5-3-2-4-6-14)11-16(24)21-8-10-37-20-19(42-46(34,35)36)18(41-45(31,32)33)17(40-44(28,29)30)15(39-20)12-38-43(25,26)27/h2-6,15,17-20H,7-12H2,1H3,(H,21,24)(H,25,26,27)(H,28,29,30)(H,31,32,33)(H,34,35,36)/t15-,17-,18+,19+,20+/m1/s1. The molecule has 2 rings (SSSR count). The van der Waals surface area contributed by atoms with Crippen molar-refractivity contribution in [2.75, 3.05) is 32.8 Å². The van der Waals surface area contributed by atoms with Crippen LogP contribution in [0.25, 0.3) is 0 Å². The first kappa shape index (κ1) is 39.7. The van der Waals surface area contributed by atoms with Gasteiger partial charge in [0.15, 0.2) is 12.4 Å². The summed E-state index contributed by atoms with van der Waals surface area (Å²) in [5.74, 6) is -1.12. The second-order valence-corrected chi connectivity index (χ2v) is 13.4. The summed E-state index contributed by atoms with van der Waals surface area (Å²) in [4.78, 5) is 25.7. The average Bonchev–Trinajstić information content (AvgIpc) is 2.88. The van der Waals surface area contributed by atoms with Crippen molar-refractivity contribution in [3.8, 4) is 0 Å². The van der Waals surface area contributed by atoms with Gasteiger partial charge >= 0.3 is 41.6 Å². The Morgan fingerprint density at radius 2 is 1.37 bits per heavy atom. The summed E-state index contributed by atoms with van der Waals surface area (Å²) in [5, 5.41) is 2.35. The number of amides is 2. The Balaban J connectivity index is 2.22. The Hall–Kier alpha value is -2.44. The molecule has 46 heavy (non-hydrogen) atoms. The Morgan fingerprint density at radius 3 is 1.89 bits per heavy atom. The number of hydrogen-bond acceptors (Lipinski definition) is 16. The van der Waals surface area contributed by atoms with Crippen molar-refractivity contribution in [2.45, 2.75) is 44.1 Å². The highest BCUT2D eigenvalue weighted by Gasteiger charge is 2.54. The normalized spacial score (nSPS) is 22.7. The molecule has 5 N–H and O–H groups in total. The predicted molar refractivity (Wildman–Crippen MR) is 147 cm³/mol. The van der Waals surface area contributed by atoms with Crippen LogP contribution >= 0.6 is 0 Å². The molecular weight excluding hydrogens is 716 g/mol. The van der Waals surface area contributed by atoms with E-state index in [9.17, 15) is 52.4 Å². The zero-order chi connectivity index (χ0) is 34.9. The minimum absolute atomic E-state index is 0.183. The number of hydrogen-bond donors (Lipinski definition) is 5. The molecule has 22 nitrogen and oxygen atoms in total.